The van der Waals surface area contributed by atoms with Gasteiger partial charge in [-0.2, -0.15) is 0 Å². The van der Waals surface area contributed by atoms with E-state index < -0.39 is 0 Å². The molecule has 0 amide bonds. The molecule has 2 heterocycles. The third kappa shape index (κ3) is 4.23. The third-order valence-corrected chi connectivity index (χ3v) is 3.26. The number of hydrogen-bond donors (Lipinski definition) is 2. The number of aromatic nitrogens is 3. The van der Waals surface area contributed by atoms with Crippen LogP contribution < -0.4 is 10.6 Å². The van der Waals surface area contributed by atoms with Gasteiger partial charge < -0.3 is 10.6 Å². The number of nitrogens with one attached hydrogen (secondary N) is 2. The van der Waals surface area contributed by atoms with Gasteiger partial charge >= 0.3 is 0 Å². The lowest BCUT2D eigenvalue weighted by Crippen LogP contribution is -2.06. The van der Waals surface area contributed by atoms with E-state index in [9.17, 15) is 4.39 Å². The second-order valence-electron chi connectivity index (χ2n) is 4.91. The molecular weight excluding hydrogens is 293 g/mol. The van der Waals surface area contributed by atoms with Crippen LogP contribution in [0.2, 0.25) is 0 Å². The Kier molecular flexibility index (Phi) is 4.73. The standard InChI is InChI=1S/C17H16FN5/c18-15-7-2-1-5-13(15)10-20-16-9-17(23-12-22-16)21-11-14-6-3-4-8-19-14/h1-9,12H,10-11H2,(H2,20,21,22,23). The number of rotatable bonds is 6. The van der Waals surface area contributed by atoms with Gasteiger partial charge in [0, 0.05) is 24.4 Å². The zero-order chi connectivity index (χ0) is 15.9. The quantitative estimate of drug-likeness (QED) is 0.732. The summed E-state index contributed by atoms with van der Waals surface area (Å²) in [5.74, 6) is 1.08. The van der Waals surface area contributed by atoms with Crippen LogP contribution in [-0.2, 0) is 13.1 Å². The van der Waals surface area contributed by atoms with Crippen LogP contribution in [0.5, 0.6) is 0 Å². The fraction of sp³-hybridized carbons (Fsp3) is 0.118. The van der Waals surface area contributed by atoms with E-state index in [0.29, 0.717) is 30.3 Å². The molecule has 0 fully saturated rings. The van der Waals surface area contributed by atoms with Gasteiger partial charge in [0.25, 0.3) is 0 Å². The Morgan fingerprint density at radius 3 is 2.30 bits per heavy atom. The van der Waals surface area contributed by atoms with E-state index in [1.165, 1.54) is 12.4 Å². The van der Waals surface area contributed by atoms with Crippen LogP contribution in [0.15, 0.2) is 61.1 Å². The molecule has 0 spiro atoms. The monoisotopic (exact) mass is 309 g/mol. The molecule has 0 aliphatic carbocycles. The van der Waals surface area contributed by atoms with Gasteiger partial charge in [-0.3, -0.25) is 4.98 Å². The third-order valence-electron chi connectivity index (χ3n) is 3.26. The number of nitrogens with zero attached hydrogens (tertiary/aromatic N) is 3. The van der Waals surface area contributed by atoms with Crippen LogP contribution >= 0.6 is 0 Å². The minimum Gasteiger partial charge on any atom is -0.366 e. The number of hydrogen-bond acceptors (Lipinski definition) is 5. The van der Waals surface area contributed by atoms with E-state index in [4.69, 9.17) is 0 Å². The number of benzene rings is 1. The van der Waals surface area contributed by atoms with E-state index in [1.54, 1.807) is 30.5 Å². The maximum atomic E-state index is 13.6. The van der Waals surface area contributed by atoms with Crippen molar-refractivity contribution in [3.63, 3.8) is 0 Å². The predicted octanol–water partition coefficient (Wildman–Crippen LogP) is 3.23. The molecule has 2 aromatic heterocycles. The highest BCUT2D eigenvalue weighted by molar-refractivity contribution is 5.46. The van der Waals surface area contributed by atoms with Gasteiger partial charge in [-0.25, -0.2) is 14.4 Å². The molecule has 0 unspecified atom stereocenters. The molecule has 116 valence electrons. The number of pyridine rings is 1. The summed E-state index contributed by atoms with van der Waals surface area (Å²) in [6, 6.07) is 14.2. The highest BCUT2D eigenvalue weighted by Gasteiger charge is 2.02. The predicted molar refractivity (Wildman–Crippen MR) is 87.3 cm³/mol. The van der Waals surface area contributed by atoms with E-state index in [-0.39, 0.29) is 5.82 Å². The zero-order valence-electron chi connectivity index (χ0n) is 12.4. The molecule has 0 aliphatic heterocycles. The van der Waals surface area contributed by atoms with E-state index in [1.807, 2.05) is 18.2 Å². The molecule has 23 heavy (non-hydrogen) atoms. The van der Waals surface area contributed by atoms with Gasteiger partial charge in [0.05, 0.1) is 12.2 Å². The number of anilines is 2. The Labute approximate surface area is 133 Å². The smallest absolute Gasteiger partial charge is 0.131 e. The molecule has 0 bridgehead atoms. The average Bonchev–Trinajstić information content (AvgIpc) is 2.61. The summed E-state index contributed by atoms with van der Waals surface area (Å²) < 4.78 is 13.6. The summed E-state index contributed by atoms with van der Waals surface area (Å²) in [5, 5.41) is 6.28. The van der Waals surface area contributed by atoms with Gasteiger partial charge in [-0.1, -0.05) is 24.3 Å². The van der Waals surface area contributed by atoms with Crippen LogP contribution in [0.3, 0.4) is 0 Å². The normalized spacial score (nSPS) is 10.3. The van der Waals surface area contributed by atoms with Crippen molar-refractivity contribution in [3.8, 4) is 0 Å². The van der Waals surface area contributed by atoms with Gasteiger partial charge in [0.2, 0.25) is 0 Å². The molecule has 2 N–H and O–H groups in total. The second kappa shape index (κ2) is 7.31. The lowest BCUT2D eigenvalue weighted by molar-refractivity contribution is 0.613. The van der Waals surface area contributed by atoms with Crippen molar-refractivity contribution in [3.05, 3.63) is 78.1 Å². The first-order valence-electron chi connectivity index (χ1n) is 7.24. The van der Waals surface area contributed by atoms with Crippen LogP contribution in [0.25, 0.3) is 0 Å². The highest BCUT2D eigenvalue weighted by Crippen LogP contribution is 2.12. The van der Waals surface area contributed by atoms with Crippen molar-refractivity contribution < 1.29 is 4.39 Å². The molecule has 1 aromatic carbocycles. The van der Waals surface area contributed by atoms with Crippen molar-refractivity contribution in [2.45, 2.75) is 13.1 Å². The van der Waals surface area contributed by atoms with Gasteiger partial charge in [0.15, 0.2) is 0 Å². The second-order valence-corrected chi connectivity index (χ2v) is 4.91. The fourth-order valence-electron chi connectivity index (χ4n) is 2.06. The first-order valence-corrected chi connectivity index (χ1v) is 7.24. The zero-order valence-corrected chi connectivity index (χ0v) is 12.4. The van der Waals surface area contributed by atoms with E-state index >= 15 is 0 Å². The van der Waals surface area contributed by atoms with Gasteiger partial charge in [-0.05, 0) is 18.2 Å². The maximum absolute atomic E-state index is 13.6. The van der Waals surface area contributed by atoms with Crippen molar-refractivity contribution in [2.75, 3.05) is 10.6 Å². The SMILES string of the molecule is Fc1ccccc1CNc1cc(NCc2ccccn2)ncn1. The van der Waals surface area contributed by atoms with E-state index in [0.717, 1.165) is 5.69 Å². The molecule has 3 aromatic rings. The van der Waals surface area contributed by atoms with E-state index in [2.05, 4.69) is 25.6 Å². The van der Waals surface area contributed by atoms with Gasteiger partial charge in [0.1, 0.15) is 23.8 Å². The summed E-state index contributed by atoms with van der Waals surface area (Å²) in [4.78, 5) is 12.5. The van der Waals surface area contributed by atoms with Crippen molar-refractivity contribution >= 4 is 11.6 Å². The molecule has 0 atom stereocenters. The van der Waals surface area contributed by atoms with Crippen LogP contribution in [0.4, 0.5) is 16.0 Å². The first-order chi connectivity index (χ1) is 11.3. The lowest BCUT2D eigenvalue weighted by atomic mass is 10.2. The van der Waals surface area contributed by atoms with Crippen molar-refractivity contribution in [1.29, 1.82) is 0 Å². The summed E-state index contributed by atoms with van der Waals surface area (Å²) in [6.07, 6.45) is 3.21. The van der Waals surface area contributed by atoms with Crippen LogP contribution in [0, 0.1) is 5.82 Å². The maximum Gasteiger partial charge on any atom is 0.131 e. The molecule has 0 aliphatic rings. The van der Waals surface area contributed by atoms with Crippen LogP contribution in [0.1, 0.15) is 11.3 Å². The first kappa shape index (κ1) is 14.9. The Balaban J connectivity index is 1.60. The Morgan fingerprint density at radius 1 is 0.826 bits per heavy atom. The summed E-state index contributed by atoms with van der Waals surface area (Å²) >= 11 is 0. The topological polar surface area (TPSA) is 62.7 Å². The summed E-state index contributed by atoms with van der Waals surface area (Å²) in [5.41, 5.74) is 1.51. The lowest BCUT2D eigenvalue weighted by Gasteiger charge is -2.09. The summed E-state index contributed by atoms with van der Waals surface area (Å²) in [6.45, 7) is 0.938. The molecular formula is C17H16FN5. The molecule has 3 rings (SSSR count). The van der Waals surface area contributed by atoms with Crippen molar-refractivity contribution in [2.24, 2.45) is 0 Å². The van der Waals surface area contributed by atoms with Crippen LogP contribution in [-0.4, -0.2) is 15.0 Å². The molecule has 5 nitrogen and oxygen atoms in total. The molecule has 0 saturated heterocycles. The minimum atomic E-state index is -0.234. The minimum absolute atomic E-state index is 0.234. The molecule has 0 radical (unpaired) electrons. The fourth-order valence-corrected chi connectivity index (χ4v) is 2.06. The summed E-state index contributed by atoms with van der Waals surface area (Å²) in [7, 11) is 0. The Bertz CT molecular complexity index is 764. The number of halogens is 1. The molecule has 6 heteroatoms. The largest absolute Gasteiger partial charge is 0.366 e. The average molecular weight is 309 g/mol. The highest BCUT2D eigenvalue weighted by atomic mass is 19.1. The molecule has 0 saturated carbocycles. The Hall–Kier alpha value is -3.02. The Morgan fingerprint density at radius 2 is 1.57 bits per heavy atom. The van der Waals surface area contributed by atoms with Gasteiger partial charge in [-0.15, -0.1) is 0 Å². The van der Waals surface area contributed by atoms with Crippen molar-refractivity contribution in [1.82, 2.24) is 15.0 Å².